The van der Waals surface area contributed by atoms with Gasteiger partial charge in [-0.2, -0.15) is 0 Å². The smallest absolute Gasteiger partial charge is 0.186 e. The topological polar surface area (TPSA) is 64.4 Å². The first-order valence-corrected chi connectivity index (χ1v) is 2.21. The van der Waals surface area contributed by atoms with Crippen LogP contribution in [0.1, 0.15) is 21.3 Å². The zero-order valence-corrected chi connectivity index (χ0v) is 4.68. The summed E-state index contributed by atoms with van der Waals surface area (Å²) < 4.78 is 0. The molecule has 0 aromatic carbocycles. The molecule has 0 radical (unpaired) electrons. The van der Waals surface area contributed by atoms with E-state index in [4.69, 9.17) is 11.5 Å². The van der Waals surface area contributed by atoms with E-state index < -0.39 is 0 Å². The maximum absolute atomic E-state index is 5.02. The highest BCUT2D eigenvalue weighted by Crippen LogP contribution is 1.80. The summed E-state index contributed by atoms with van der Waals surface area (Å²) in [5.41, 5.74) is 10.0. The number of nitrogens with two attached hydrogens (primary N) is 2. The fourth-order valence-electron chi connectivity index (χ4n) is 0.298. The van der Waals surface area contributed by atoms with E-state index in [1.54, 1.807) is 0 Å². The van der Waals surface area contributed by atoms with Gasteiger partial charge in [0.15, 0.2) is 5.96 Å². The molecule has 0 aliphatic rings. The lowest BCUT2D eigenvalue weighted by Gasteiger charge is -1.93. The molecule has 0 unspecified atom stereocenters. The zero-order valence-electron chi connectivity index (χ0n) is 4.68. The fourth-order valence-corrected chi connectivity index (χ4v) is 0.298. The average molecular weight is 117 g/mol. The van der Waals surface area contributed by atoms with E-state index in [0.29, 0.717) is 0 Å². The number of hydrogen-bond donors (Lipinski definition) is 2. The van der Waals surface area contributed by atoms with Gasteiger partial charge in [0.1, 0.15) is 0 Å². The largest absolute Gasteiger partial charge is 0.370 e. The SMILES string of the molecule is C.CC(C)N=C(N)N. The molecule has 0 spiro atoms. The van der Waals surface area contributed by atoms with Gasteiger partial charge in [-0.15, -0.1) is 0 Å². The van der Waals surface area contributed by atoms with Crippen molar-refractivity contribution in [1.82, 2.24) is 0 Å². The van der Waals surface area contributed by atoms with Gasteiger partial charge in [-0.25, -0.2) is 0 Å². The molecule has 0 bridgehead atoms. The number of aliphatic imine (C=N–C) groups is 1. The Morgan fingerprint density at radius 3 is 1.75 bits per heavy atom. The normalized spacial score (nSPS) is 7.88. The van der Waals surface area contributed by atoms with Crippen molar-refractivity contribution in [3.8, 4) is 0 Å². The van der Waals surface area contributed by atoms with Crippen molar-refractivity contribution in [3.05, 3.63) is 0 Å². The Morgan fingerprint density at radius 2 is 1.75 bits per heavy atom. The van der Waals surface area contributed by atoms with Gasteiger partial charge in [-0.3, -0.25) is 4.99 Å². The molecule has 50 valence electrons. The van der Waals surface area contributed by atoms with Crippen LogP contribution in [0, 0.1) is 0 Å². The van der Waals surface area contributed by atoms with Crippen molar-refractivity contribution in [3.63, 3.8) is 0 Å². The monoisotopic (exact) mass is 117 g/mol. The highest BCUT2D eigenvalue weighted by Gasteiger charge is 1.83. The molecule has 8 heavy (non-hydrogen) atoms. The molecule has 0 aromatic heterocycles. The van der Waals surface area contributed by atoms with Crippen molar-refractivity contribution in [2.45, 2.75) is 27.3 Å². The van der Waals surface area contributed by atoms with Crippen LogP contribution >= 0.6 is 0 Å². The molecular weight excluding hydrogens is 102 g/mol. The quantitative estimate of drug-likeness (QED) is 0.383. The van der Waals surface area contributed by atoms with Crippen molar-refractivity contribution in [1.29, 1.82) is 0 Å². The van der Waals surface area contributed by atoms with Gasteiger partial charge in [-0.1, -0.05) is 7.43 Å². The van der Waals surface area contributed by atoms with Crippen LogP contribution in [0.3, 0.4) is 0 Å². The molecule has 0 heterocycles. The second-order valence-electron chi connectivity index (χ2n) is 1.65. The summed E-state index contributed by atoms with van der Waals surface area (Å²) in [5.74, 6) is 0.162. The summed E-state index contributed by atoms with van der Waals surface area (Å²) in [6.45, 7) is 3.83. The number of nitrogens with zero attached hydrogens (tertiary/aromatic N) is 1. The molecule has 0 saturated heterocycles. The van der Waals surface area contributed by atoms with Crippen LogP contribution in [0.15, 0.2) is 4.99 Å². The van der Waals surface area contributed by atoms with Crippen molar-refractivity contribution in [2.75, 3.05) is 0 Å². The summed E-state index contributed by atoms with van der Waals surface area (Å²) in [6.07, 6.45) is 0. The van der Waals surface area contributed by atoms with Gasteiger partial charge in [0.2, 0.25) is 0 Å². The average Bonchev–Trinajstić information content (AvgIpc) is 1.27. The molecule has 4 N–H and O–H groups in total. The molecule has 0 saturated carbocycles. The minimum atomic E-state index is 0. The summed E-state index contributed by atoms with van der Waals surface area (Å²) in [7, 11) is 0. The van der Waals surface area contributed by atoms with E-state index in [-0.39, 0.29) is 19.4 Å². The van der Waals surface area contributed by atoms with Crippen LogP contribution in [0.25, 0.3) is 0 Å². The third-order valence-corrected chi connectivity index (χ3v) is 0.407. The molecule has 0 amide bonds. The van der Waals surface area contributed by atoms with Crippen LogP contribution in [-0.4, -0.2) is 12.0 Å². The van der Waals surface area contributed by atoms with Gasteiger partial charge in [0, 0.05) is 6.04 Å². The second-order valence-corrected chi connectivity index (χ2v) is 1.65. The molecule has 3 nitrogen and oxygen atoms in total. The Labute approximate surface area is 50.8 Å². The van der Waals surface area contributed by atoms with Crippen LogP contribution in [0.4, 0.5) is 0 Å². The predicted octanol–water partition coefficient (Wildman–Crippen LogP) is 0.304. The van der Waals surface area contributed by atoms with Crippen molar-refractivity contribution >= 4 is 5.96 Å². The molecule has 0 atom stereocenters. The highest BCUT2D eigenvalue weighted by atomic mass is 15.0. The van der Waals surface area contributed by atoms with Gasteiger partial charge < -0.3 is 11.5 Å². The molecule has 0 aromatic rings. The zero-order chi connectivity index (χ0) is 5.86. The van der Waals surface area contributed by atoms with Crippen LogP contribution < -0.4 is 11.5 Å². The Hall–Kier alpha value is -0.730. The van der Waals surface area contributed by atoms with E-state index in [1.165, 1.54) is 0 Å². The van der Waals surface area contributed by atoms with E-state index in [2.05, 4.69) is 4.99 Å². The number of guanidine groups is 1. The fraction of sp³-hybridized carbons (Fsp3) is 0.800. The summed E-state index contributed by atoms with van der Waals surface area (Å²) in [5, 5.41) is 0. The summed E-state index contributed by atoms with van der Waals surface area (Å²) in [4.78, 5) is 3.75. The standard InChI is InChI=1S/C4H11N3.CH4/c1-3(2)7-4(5)6;/h3H,1-2H3,(H4,5,6,7);1H4. The van der Waals surface area contributed by atoms with Crippen LogP contribution in [-0.2, 0) is 0 Å². The van der Waals surface area contributed by atoms with E-state index in [9.17, 15) is 0 Å². The van der Waals surface area contributed by atoms with Crippen LogP contribution in [0.5, 0.6) is 0 Å². The lowest BCUT2D eigenvalue weighted by atomic mass is 10.4. The number of rotatable bonds is 1. The van der Waals surface area contributed by atoms with Gasteiger partial charge >= 0.3 is 0 Å². The molecule has 0 fully saturated rings. The lowest BCUT2D eigenvalue weighted by Crippen LogP contribution is -2.24. The van der Waals surface area contributed by atoms with Crippen molar-refractivity contribution in [2.24, 2.45) is 16.5 Å². The second kappa shape index (κ2) is 4.43. The Kier molecular flexibility index (Phi) is 5.70. The van der Waals surface area contributed by atoms with Crippen LogP contribution in [0.2, 0.25) is 0 Å². The maximum atomic E-state index is 5.02. The summed E-state index contributed by atoms with van der Waals surface area (Å²) >= 11 is 0. The third-order valence-electron chi connectivity index (χ3n) is 0.407. The first-order valence-electron chi connectivity index (χ1n) is 2.21. The predicted molar refractivity (Wildman–Crippen MR) is 37.7 cm³/mol. The number of hydrogen-bond acceptors (Lipinski definition) is 1. The van der Waals surface area contributed by atoms with Crippen molar-refractivity contribution < 1.29 is 0 Å². The molecule has 0 aliphatic carbocycles. The van der Waals surface area contributed by atoms with E-state index in [0.717, 1.165) is 0 Å². The van der Waals surface area contributed by atoms with E-state index >= 15 is 0 Å². The minimum absolute atomic E-state index is 0. The lowest BCUT2D eigenvalue weighted by molar-refractivity contribution is 0.831. The van der Waals surface area contributed by atoms with Gasteiger partial charge in [-0.05, 0) is 13.8 Å². The Balaban J connectivity index is 0. The molecule has 0 rings (SSSR count). The van der Waals surface area contributed by atoms with Gasteiger partial charge in [0.25, 0.3) is 0 Å². The minimum Gasteiger partial charge on any atom is -0.370 e. The Morgan fingerprint density at radius 1 is 1.38 bits per heavy atom. The first-order chi connectivity index (χ1) is 3.13. The Bertz CT molecular complexity index is 71.7. The molecule has 0 aliphatic heterocycles. The highest BCUT2D eigenvalue weighted by molar-refractivity contribution is 5.75. The molecule has 3 heteroatoms. The van der Waals surface area contributed by atoms with Gasteiger partial charge in [0.05, 0.1) is 0 Å². The van der Waals surface area contributed by atoms with E-state index in [1.807, 2.05) is 13.8 Å². The summed E-state index contributed by atoms with van der Waals surface area (Å²) in [6, 6.07) is 0.213. The maximum Gasteiger partial charge on any atom is 0.186 e. The third kappa shape index (κ3) is 8.99. The molecular formula is C5H15N3. The first kappa shape index (κ1) is 10.3.